The van der Waals surface area contributed by atoms with Gasteiger partial charge in [-0.15, -0.1) is 0 Å². The fraction of sp³-hybridized carbons (Fsp3) is 0. The van der Waals surface area contributed by atoms with Gasteiger partial charge in [0.2, 0.25) is 0 Å². The van der Waals surface area contributed by atoms with Crippen LogP contribution in [-0.2, 0) is 0 Å². The third-order valence-electron chi connectivity index (χ3n) is 3.24. The molecule has 1 aliphatic rings. The fourth-order valence-electron chi connectivity index (χ4n) is 2.25. The van der Waals surface area contributed by atoms with Gasteiger partial charge >= 0.3 is 0 Å². The van der Waals surface area contributed by atoms with Crippen LogP contribution in [0.15, 0.2) is 40.9 Å². The maximum absolute atomic E-state index is 12.2. The zero-order valence-electron chi connectivity index (χ0n) is 11.1. The number of anilines is 2. The highest BCUT2D eigenvalue weighted by molar-refractivity contribution is 9.10. The number of amides is 3. The van der Waals surface area contributed by atoms with E-state index in [1.54, 1.807) is 24.3 Å². The maximum Gasteiger partial charge on any atom is 0.261 e. The van der Waals surface area contributed by atoms with Crippen LogP contribution < -0.4 is 16.4 Å². The summed E-state index contributed by atoms with van der Waals surface area (Å²) in [7, 11) is 0. The van der Waals surface area contributed by atoms with Crippen molar-refractivity contribution < 1.29 is 14.4 Å². The number of rotatable bonds is 2. The molecular weight excluding hydrogens is 350 g/mol. The molecule has 3 amide bonds. The van der Waals surface area contributed by atoms with Crippen LogP contribution in [0.4, 0.5) is 11.4 Å². The van der Waals surface area contributed by atoms with Crippen molar-refractivity contribution in [1.82, 2.24) is 5.32 Å². The summed E-state index contributed by atoms with van der Waals surface area (Å²) in [4.78, 5) is 35.5. The maximum atomic E-state index is 12.2. The normalized spacial score (nSPS) is 12.8. The summed E-state index contributed by atoms with van der Waals surface area (Å²) in [6.45, 7) is 0. The zero-order chi connectivity index (χ0) is 15.9. The number of hydrogen-bond acceptors (Lipinski definition) is 4. The number of nitrogen functional groups attached to an aromatic ring is 1. The number of fused-ring (bicyclic) bond motifs is 1. The predicted octanol–water partition coefficient (Wildman–Crippen LogP) is 2.17. The van der Waals surface area contributed by atoms with Gasteiger partial charge in [-0.05, 0) is 40.2 Å². The van der Waals surface area contributed by atoms with Gasteiger partial charge in [-0.2, -0.15) is 0 Å². The molecule has 0 saturated heterocycles. The van der Waals surface area contributed by atoms with E-state index in [9.17, 15) is 14.4 Å². The third kappa shape index (κ3) is 2.35. The Bertz CT molecular complexity index is 833. The molecular formula is C15H10BrN3O3. The Morgan fingerprint density at radius 1 is 1.14 bits per heavy atom. The number of imide groups is 1. The van der Waals surface area contributed by atoms with Crippen molar-refractivity contribution in [1.29, 1.82) is 0 Å². The standard InChI is InChI=1S/C15H10BrN3O3/c16-10-4-2-1-3-8(10)13(20)18-7-5-9-12(11(17)6-7)15(22)19-14(9)21/h1-6H,17H2,(H,18,20)(H,19,21,22). The minimum Gasteiger partial charge on any atom is -0.398 e. The molecule has 1 aliphatic heterocycles. The van der Waals surface area contributed by atoms with Gasteiger partial charge in [0.1, 0.15) is 0 Å². The van der Waals surface area contributed by atoms with E-state index in [0.717, 1.165) is 0 Å². The molecule has 110 valence electrons. The second-order valence-corrected chi connectivity index (χ2v) is 5.56. The summed E-state index contributed by atoms with van der Waals surface area (Å²) in [5, 5.41) is 4.83. The van der Waals surface area contributed by atoms with Crippen LogP contribution >= 0.6 is 15.9 Å². The molecule has 2 aromatic rings. The molecule has 0 aliphatic carbocycles. The van der Waals surface area contributed by atoms with Gasteiger partial charge in [-0.1, -0.05) is 12.1 Å². The monoisotopic (exact) mass is 359 g/mol. The molecule has 0 fully saturated rings. The molecule has 3 rings (SSSR count). The first kappa shape index (κ1) is 14.3. The van der Waals surface area contributed by atoms with Crippen molar-refractivity contribution in [3.05, 3.63) is 57.6 Å². The Morgan fingerprint density at radius 3 is 2.59 bits per heavy atom. The summed E-state index contributed by atoms with van der Waals surface area (Å²) in [5.41, 5.74) is 7.04. The topological polar surface area (TPSA) is 101 Å². The molecule has 0 aromatic heterocycles. The second kappa shape index (κ2) is 5.27. The average Bonchev–Trinajstić information content (AvgIpc) is 2.74. The van der Waals surface area contributed by atoms with E-state index in [-0.39, 0.29) is 22.7 Å². The lowest BCUT2D eigenvalue weighted by Gasteiger charge is -2.09. The van der Waals surface area contributed by atoms with Crippen LogP contribution in [0.5, 0.6) is 0 Å². The minimum atomic E-state index is -0.527. The molecule has 0 unspecified atom stereocenters. The minimum absolute atomic E-state index is 0.142. The first-order valence-electron chi connectivity index (χ1n) is 6.32. The Balaban J connectivity index is 1.95. The van der Waals surface area contributed by atoms with E-state index in [2.05, 4.69) is 26.6 Å². The smallest absolute Gasteiger partial charge is 0.261 e. The molecule has 4 N–H and O–H groups in total. The number of carbonyl (C=O) groups excluding carboxylic acids is 3. The fourth-order valence-corrected chi connectivity index (χ4v) is 2.71. The van der Waals surface area contributed by atoms with Crippen LogP contribution in [-0.4, -0.2) is 17.7 Å². The molecule has 1 heterocycles. The molecule has 22 heavy (non-hydrogen) atoms. The number of hydrogen-bond donors (Lipinski definition) is 3. The Hall–Kier alpha value is -2.67. The summed E-state index contributed by atoms with van der Waals surface area (Å²) < 4.78 is 0.648. The lowest BCUT2D eigenvalue weighted by molar-refractivity contribution is 0.0879. The van der Waals surface area contributed by atoms with Crippen LogP contribution in [0, 0.1) is 0 Å². The van der Waals surface area contributed by atoms with Gasteiger partial charge in [0.15, 0.2) is 0 Å². The zero-order valence-corrected chi connectivity index (χ0v) is 12.7. The summed E-state index contributed by atoms with van der Waals surface area (Å²) in [5.74, 6) is -1.40. The third-order valence-corrected chi connectivity index (χ3v) is 3.94. The molecule has 6 nitrogen and oxygen atoms in total. The average molecular weight is 360 g/mol. The number of benzene rings is 2. The Labute approximate surface area is 133 Å². The predicted molar refractivity (Wildman–Crippen MR) is 84.7 cm³/mol. The molecule has 0 saturated carbocycles. The van der Waals surface area contributed by atoms with Crippen LogP contribution in [0.2, 0.25) is 0 Å². The van der Waals surface area contributed by atoms with Crippen molar-refractivity contribution in [2.75, 3.05) is 11.1 Å². The lowest BCUT2D eigenvalue weighted by atomic mass is 10.1. The summed E-state index contributed by atoms with van der Waals surface area (Å²) in [6.07, 6.45) is 0. The van der Waals surface area contributed by atoms with E-state index in [0.29, 0.717) is 15.7 Å². The summed E-state index contributed by atoms with van der Waals surface area (Å²) >= 11 is 3.30. The molecule has 0 bridgehead atoms. The lowest BCUT2D eigenvalue weighted by Crippen LogP contribution is -2.20. The second-order valence-electron chi connectivity index (χ2n) is 4.71. The van der Waals surface area contributed by atoms with Crippen molar-refractivity contribution in [3.8, 4) is 0 Å². The highest BCUT2D eigenvalue weighted by atomic mass is 79.9. The van der Waals surface area contributed by atoms with Gasteiger partial charge in [-0.25, -0.2) is 0 Å². The molecule has 0 atom stereocenters. The van der Waals surface area contributed by atoms with E-state index in [1.807, 2.05) is 0 Å². The van der Waals surface area contributed by atoms with Crippen molar-refractivity contribution >= 4 is 45.0 Å². The molecule has 7 heteroatoms. The van der Waals surface area contributed by atoms with Gasteiger partial charge in [-0.3, -0.25) is 19.7 Å². The van der Waals surface area contributed by atoms with Crippen LogP contribution in [0.3, 0.4) is 0 Å². The summed E-state index contributed by atoms with van der Waals surface area (Å²) in [6, 6.07) is 9.82. The molecule has 2 aromatic carbocycles. The van der Waals surface area contributed by atoms with Crippen LogP contribution in [0.25, 0.3) is 0 Å². The highest BCUT2D eigenvalue weighted by Gasteiger charge is 2.29. The quantitative estimate of drug-likeness (QED) is 0.564. The van der Waals surface area contributed by atoms with Gasteiger partial charge < -0.3 is 11.1 Å². The van der Waals surface area contributed by atoms with Gasteiger partial charge in [0.25, 0.3) is 17.7 Å². The largest absolute Gasteiger partial charge is 0.398 e. The number of nitrogens with one attached hydrogen (secondary N) is 2. The van der Waals surface area contributed by atoms with E-state index >= 15 is 0 Å². The van der Waals surface area contributed by atoms with E-state index < -0.39 is 11.8 Å². The first-order chi connectivity index (χ1) is 10.5. The van der Waals surface area contributed by atoms with Crippen molar-refractivity contribution in [2.45, 2.75) is 0 Å². The number of carbonyl (C=O) groups is 3. The van der Waals surface area contributed by atoms with Gasteiger partial charge in [0.05, 0.1) is 16.7 Å². The highest BCUT2D eigenvalue weighted by Crippen LogP contribution is 2.27. The Morgan fingerprint density at radius 2 is 1.86 bits per heavy atom. The number of halogens is 1. The first-order valence-corrected chi connectivity index (χ1v) is 7.12. The van der Waals surface area contributed by atoms with E-state index in [1.165, 1.54) is 12.1 Å². The number of nitrogens with two attached hydrogens (primary N) is 1. The SMILES string of the molecule is Nc1cc(NC(=O)c2ccccc2Br)cc2c1C(=O)NC2=O. The van der Waals surface area contributed by atoms with E-state index in [4.69, 9.17) is 5.73 Å². The molecule has 0 radical (unpaired) electrons. The molecule has 0 spiro atoms. The van der Waals surface area contributed by atoms with Gasteiger partial charge in [0, 0.05) is 15.8 Å². The van der Waals surface area contributed by atoms with Crippen molar-refractivity contribution in [2.24, 2.45) is 0 Å². The van der Waals surface area contributed by atoms with Crippen LogP contribution in [0.1, 0.15) is 31.1 Å². The van der Waals surface area contributed by atoms with Crippen molar-refractivity contribution in [3.63, 3.8) is 0 Å². The Kier molecular flexibility index (Phi) is 3.42.